The smallest absolute Gasteiger partial charge is 0.0622 e. The van der Waals surface area contributed by atoms with Gasteiger partial charge in [-0.2, -0.15) is 5.26 Å². The second kappa shape index (κ2) is 6.23. The zero-order valence-electron chi connectivity index (χ0n) is 10.8. The van der Waals surface area contributed by atoms with Gasteiger partial charge < -0.3 is 9.88 Å². The molecule has 94 valence electrons. The van der Waals surface area contributed by atoms with E-state index in [9.17, 15) is 0 Å². The third kappa shape index (κ3) is 2.91. The molecule has 0 amide bonds. The molecule has 0 aliphatic carbocycles. The van der Waals surface area contributed by atoms with Crippen LogP contribution in [-0.2, 0) is 13.5 Å². The highest BCUT2D eigenvalue weighted by molar-refractivity contribution is 5.83. The van der Waals surface area contributed by atoms with Gasteiger partial charge in [0.25, 0.3) is 0 Å². The molecule has 0 unspecified atom stereocenters. The van der Waals surface area contributed by atoms with Gasteiger partial charge in [0.2, 0.25) is 0 Å². The maximum Gasteiger partial charge on any atom is 0.0622 e. The number of unbranched alkanes of at least 4 members (excludes halogenated alkanes) is 1. The molecule has 18 heavy (non-hydrogen) atoms. The van der Waals surface area contributed by atoms with Crippen LogP contribution < -0.4 is 5.32 Å². The van der Waals surface area contributed by atoms with Crippen LogP contribution in [0.2, 0.25) is 0 Å². The van der Waals surface area contributed by atoms with Crippen molar-refractivity contribution in [2.45, 2.75) is 19.3 Å². The molecule has 0 spiro atoms. The summed E-state index contributed by atoms with van der Waals surface area (Å²) in [7, 11) is 2.09. The molecule has 0 saturated carbocycles. The Morgan fingerprint density at radius 1 is 1.28 bits per heavy atom. The lowest BCUT2D eigenvalue weighted by atomic mass is 10.1. The van der Waals surface area contributed by atoms with Crippen LogP contribution in [-0.4, -0.2) is 17.7 Å². The summed E-state index contributed by atoms with van der Waals surface area (Å²) in [5, 5.41) is 13.2. The molecule has 3 heteroatoms. The molecule has 3 nitrogen and oxygen atoms in total. The van der Waals surface area contributed by atoms with Crippen LogP contribution in [0.25, 0.3) is 10.9 Å². The minimum absolute atomic E-state index is 0.640. The predicted molar refractivity (Wildman–Crippen MR) is 74.3 cm³/mol. The van der Waals surface area contributed by atoms with Crippen molar-refractivity contribution in [2.24, 2.45) is 7.05 Å². The van der Waals surface area contributed by atoms with Crippen molar-refractivity contribution in [3.63, 3.8) is 0 Å². The van der Waals surface area contributed by atoms with E-state index in [0.29, 0.717) is 6.42 Å². The second-order valence-electron chi connectivity index (χ2n) is 4.54. The van der Waals surface area contributed by atoms with Gasteiger partial charge in [-0.1, -0.05) is 18.2 Å². The number of rotatable bonds is 6. The van der Waals surface area contributed by atoms with Crippen molar-refractivity contribution in [1.29, 1.82) is 5.26 Å². The van der Waals surface area contributed by atoms with E-state index >= 15 is 0 Å². The average molecular weight is 241 g/mol. The van der Waals surface area contributed by atoms with Gasteiger partial charge in [0.15, 0.2) is 0 Å². The van der Waals surface area contributed by atoms with Gasteiger partial charge in [-0.25, -0.2) is 0 Å². The van der Waals surface area contributed by atoms with Crippen LogP contribution in [0, 0.1) is 11.3 Å². The van der Waals surface area contributed by atoms with Gasteiger partial charge in [-0.3, -0.25) is 0 Å². The van der Waals surface area contributed by atoms with Gasteiger partial charge in [0, 0.05) is 30.6 Å². The molecule has 1 aromatic heterocycles. The highest BCUT2D eigenvalue weighted by atomic mass is 14.9. The first kappa shape index (κ1) is 12.7. The quantitative estimate of drug-likeness (QED) is 0.790. The number of nitriles is 1. The molecular formula is C15H19N3. The maximum absolute atomic E-state index is 8.44. The average Bonchev–Trinajstić information content (AvgIpc) is 2.71. The summed E-state index contributed by atoms with van der Waals surface area (Å²) >= 11 is 0. The Labute approximate surface area is 108 Å². The van der Waals surface area contributed by atoms with E-state index in [0.717, 1.165) is 25.9 Å². The minimum atomic E-state index is 0.640. The summed E-state index contributed by atoms with van der Waals surface area (Å²) in [6.45, 7) is 1.90. The summed E-state index contributed by atoms with van der Waals surface area (Å²) in [4.78, 5) is 0. The number of nitrogens with one attached hydrogen (secondary N) is 1. The molecule has 2 aromatic rings. The first-order valence-electron chi connectivity index (χ1n) is 6.43. The topological polar surface area (TPSA) is 40.8 Å². The standard InChI is InChI=1S/C15H19N3/c1-18-12-13(8-11-17-10-5-4-9-16)14-6-2-3-7-15(14)18/h2-3,6-7,12,17H,4-5,8,10-11H2,1H3. The van der Waals surface area contributed by atoms with Gasteiger partial charge in [-0.15, -0.1) is 0 Å². The van der Waals surface area contributed by atoms with E-state index < -0.39 is 0 Å². The summed E-state index contributed by atoms with van der Waals surface area (Å²) in [6, 6.07) is 10.7. The van der Waals surface area contributed by atoms with Crippen LogP contribution in [0.4, 0.5) is 0 Å². The van der Waals surface area contributed by atoms with Gasteiger partial charge in [0.05, 0.1) is 6.07 Å². The third-order valence-electron chi connectivity index (χ3n) is 3.19. The molecule has 1 aromatic carbocycles. The number of nitrogens with zero attached hydrogens (tertiary/aromatic N) is 2. The van der Waals surface area contributed by atoms with Crippen molar-refractivity contribution in [3.8, 4) is 6.07 Å². The fourth-order valence-electron chi connectivity index (χ4n) is 2.27. The highest BCUT2D eigenvalue weighted by Crippen LogP contribution is 2.20. The molecule has 0 aliphatic rings. The first-order valence-corrected chi connectivity index (χ1v) is 6.43. The minimum Gasteiger partial charge on any atom is -0.350 e. The van der Waals surface area contributed by atoms with E-state index in [1.165, 1.54) is 16.5 Å². The molecule has 2 rings (SSSR count). The Morgan fingerprint density at radius 3 is 2.94 bits per heavy atom. The normalized spacial score (nSPS) is 10.7. The number of benzene rings is 1. The number of aromatic nitrogens is 1. The zero-order valence-corrected chi connectivity index (χ0v) is 10.8. The van der Waals surface area contributed by atoms with E-state index in [2.05, 4.69) is 53.5 Å². The lowest BCUT2D eigenvalue weighted by Gasteiger charge is -2.02. The van der Waals surface area contributed by atoms with E-state index in [4.69, 9.17) is 5.26 Å². The Hall–Kier alpha value is -1.79. The molecule has 1 N–H and O–H groups in total. The summed E-state index contributed by atoms with van der Waals surface area (Å²) in [5.74, 6) is 0. The fourth-order valence-corrected chi connectivity index (χ4v) is 2.27. The van der Waals surface area contributed by atoms with E-state index in [1.807, 2.05) is 0 Å². The lowest BCUT2D eigenvalue weighted by molar-refractivity contribution is 0.655. The Morgan fingerprint density at radius 2 is 2.11 bits per heavy atom. The predicted octanol–water partition coefficient (Wildman–Crippen LogP) is 2.61. The highest BCUT2D eigenvalue weighted by Gasteiger charge is 2.04. The van der Waals surface area contributed by atoms with Crippen molar-refractivity contribution in [3.05, 3.63) is 36.0 Å². The van der Waals surface area contributed by atoms with Gasteiger partial charge in [0.1, 0.15) is 0 Å². The Bertz CT molecular complexity index is 548. The van der Waals surface area contributed by atoms with Crippen molar-refractivity contribution in [1.82, 2.24) is 9.88 Å². The molecule has 0 saturated heterocycles. The van der Waals surface area contributed by atoms with Crippen LogP contribution in [0.5, 0.6) is 0 Å². The van der Waals surface area contributed by atoms with Gasteiger partial charge in [-0.05, 0) is 37.6 Å². The number of hydrogen-bond donors (Lipinski definition) is 1. The molecule has 0 radical (unpaired) electrons. The van der Waals surface area contributed by atoms with Crippen molar-refractivity contribution < 1.29 is 0 Å². The van der Waals surface area contributed by atoms with Gasteiger partial charge >= 0.3 is 0 Å². The van der Waals surface area contributed by atoms with Crippen LogP contribution >= 0.6 is 0 Å². The molecule has 0 bridgehead atoms. The largest absolute Gasteiger partial charge is 0.350 e. The lowest BCUT2D eigenvalue weighted by Crippen LogP contribution is -2.18. The zero-order chi connectivity index (χ0) is 12.8. The number of aryl methyl sites for hydroxylation is 1. The Kier molecular flexibility index (Phi) is 4.38. The monoisotopic (exact) mass is 241 g/mol. The van der Waals surface area contributed by atoms with Crippen molar-refractivity contribution >= 4 is 10.9 Å². The third-order valence-corrected chi connectivity index (χ3v) is 3.19. The molecule has 0 fully saturated rings. The fraction of sp³-hybridized carbons (Fsp3) is 0.400. The molecular weight excluding hydrogens is 222 g/mol. The van der Waals surface area contributed by atoms with E-state index in [-0.39, 0.29) is 0 Å². The van der Waals surface area contributed by atoms with Crippen molar-refractivity contribution in [2.75, 3.05) is 13.1 Å². The summed E-state index contributed by atoms with van der Waals surface area (Å²) in [5.41, 5.74) is 2.68. The Balaban J connectivity index is 1.90. The number of fused-ring (bicyclic) bond motifs is 1. The summed E-state index contributed by atoms with van der Waals surface area (Å²) < 4.78 is 2.18. The molecule has 1 heterocycles. The van der Waals surface area contributed by atoms with Crippen LogP contribution in [0.3, 0.4) is 0 Å². The maximum atomic E-state index is 8.44. The summed E-state index contributed by atoms with van der Waals surface area (Å²) in [6.07, 6.45) is 4.82. The van der Waals surface area contributed by atoms with Crippen LogP contribution in [0.1, 0.15) is 18.4 Å². The number of para-hydroxylation sites is 1. The van der Waals surface area contributed by atoms with E-state index in [1.54, 1.807) is 0 Å². The molecule has 0 atom stereocenters. The first-order chi connectivity index (χ1) is 8.83. The number of hydrogen-bond acceptors (Lipinski definition) is 2. The second-order valence-corrected chi connectivity index (χ2v) is 4.54. The van der Waals surface area contributed by atoms with Crippen LogP contribution in [0.15, 0.2) is 30.5 Å². The SMILES string of the molecule is Cn1cc(CCNCCCC#N)c2ccccc21. The molecule has 0 aliphatic heterocycles.